The molecule has 0 spiro atoms. The number of nitrogens with zero attached hydrogens (tertiary/aromatic N) is 2. The molecule has 0 radical (unpaired) electrons. The van der Waals surface area contributed by atoms with E-state index in [2.05, 4.69) is 23.7 Å². The minimum atomic E-state index is 0.0219. The van der Waals surface area contributed by atoms with E-state index in [4.69, 9.17) is 5.11 Å². The normalized spacial score (nSPS) is 15.5. The maximum absolute atomic E-state index is 9.10. The van der Waals surface area contributed by atoms with Crippen molar-refractivity contribution in [2.24, 2.45) is 5.92 Å². The van der Waals surface area contributed by atoms with Gasteiger partial charge in [0.1, 0.15) is 0 Å². The van der Waals surface area contributed by atoms with Crippen molar-refractivity contribution in [3.63, 3.8) is 0 Å². The van der Waals surface area contributed by atoms with Gasteiger partial charge in [0.25, 0.3) is 0 Å². The highest BCUT2D eigenvalue weighted by Crippen LogP contribution is 2.32. The maximum atomic E-state index is 9.10. The minimum Gasteiger partial charge on any atom is -0.390 e. The molecule has 0 amide bonds. The van der Waals surface area contributed by atoms with Crippen LogP contribution in [0.15, 0.2) is 18.3 Å². The van der Waals surface area contributed by atoms with Gasteiger partial charge < -0.3 is 10.0 Å². The van der Waals surface area contributed by atoms with Crippen LogP contribution in [0.1, 0.15) is 32.4 Å². The Morgan fingerprint density at radius 1 is 1.50 bits per heavy atom. The Bertz CT molecular complexity index is 348. The molecule has 0 saturated heterocycles. The van der Waals surface area contributed by atoms with Crippen molar-refractivity contribution >= 4 is 5.69 Å². The van der Waals surface area contributed by atoms with Crippen LogP contribution in [-0.4, -0.2) is 22.7 Å². The number of pyridine rings is 1. The fourth-order valence-corrected chi connectivity index (χ4v) is 1.98. The molecular formula is C13H20N2O. The molecule has 1 aliphatic carbocycles. The van der Waals surface area contributed by atoms with Crippen molar-refractivity contribution in [3.8, 4) is 0 Å². The molecule has 1 aromatic heterocycles. The molecular weight excluding hydrogens is 200 g/mol. The van der Waals surface area contributed by atoms with Crippen LogP contribution in [0.2, 0.25) is 0 Å². The van der Waals surface area contributed by atoms with Crippen molar-refractivity contribution in [1.29, 1.82) is 0 Å². The number of hydrogen-bond donors (Lipinski definition) is 1. The lowest BCUT2D eigenvalue weighted by atomic mass is 10.2. The Balaban J connectivity index is 2.16. The van der Waals surface area contributed by atoms with E-state index in [9.17, 15) is 0 Å². The molecule has 0 bridgehead atoms. The van der Waals surface area contributed by atoms with Crippen LogP contribution < -0.4 is 4.90 Å². The monoisotopic (exact) mass is 220 g/mol. The molecule has 1 saturated carbocycles. The second kappa shape index (κ2) is 4.83. The van der Waals surface area contributed by atoms with E-state index >= 15 is 0 Å². The largest absolute Gasteiger partial charge is 0.390 e. The quantitative estimate of drug-likeness (QED) is 0.826. The summed E-state index contributed by atoms with van der Waals surface area (Å²) in [5.74, 6) is 0.659. The van der Waals surface area contributed by atoms with Gasteiger partial charge in [-0.1, -0.05) is 13.8 Å². The van der Waals surface area contributed by atoms with E-state index in [1.807, 2.05) is 12.1 Å². The number of aromatic nitrogens is 1. The Morgan fingerprint density at radius 3 is 2.81 bits per heavy atom. The van der Waals surface area contributed by atoms with Crippen LogP contribution >= 0.6 is 0 Å². The molecule has 2 rings (SSSR count). The van der Waals surface area contributed by atoms with Crippen molar-refractivity contribution in [2.75, 3.05) is 11.4 Å². The molecule has 1 N–H and O–H groups in total. The van der Waals surface area contributed by atoms with Crippen LogP contribution in [-0.2, 0) is 6.61 Å². The number of aliphatic hydroxyl groups is 1. The minimum absolute atomic E-state index is 0.0219. The van der Waals surface area contributed by atoms with Gasteiger partial charge in [0.2, 0.25) is 0 Å². The Labute approximate surface area is 97.1 Å². The number of hydrogen-bond acceptors (Lipinski definition) is 3. The molecule has 3 heteroatoms. The Kier molecular flexibility index (Phi) is 3.44. The average Bonchev–Trinajstić information content (AvgIpc) is 3.09. The van der Waals surface area contributed by atoms with Gasteiger partial charge in [0.05, 0.1) is 12.3 Å². The van der Waals surface area contributed by atoms with Gasteiger partial charge in [-0.05, 0) is 30.9 Å². The summed E-state index contributed by atoms with van der Waals surface area (Å²) in [6.07, 6.45) is 4.38. The fraction of sp³-hybridized carbons (Fsp3) is 0.615. The standard InChI is InChI=1S/C13H20N2O/c1-10(2)8-15(12-3-4-12)13-5-6-14-11(7-13)9-16/h5-7,10,12,16H,3-4,8-9H2,1-2H3. The molecule has 1 aliphatic rings. The third-order valence-electron chi connectivity index (χ3n) is 2.84. The van der Waals surface area contributed by atoms with E-state index in [0.717, 1.165) is 12.2 Å². The molecule has 0 unspecified atom stereocenters. The second-order valence-corrected chi connectivity index (χ2v) is 4.94. The summed E-state index contributed by atoms with van der Waals surface area (Å²) in [7, 11) is 0. The highest BCUT2D eigenvalue weighted by molar-refractivity contribution is 5.48. The third-order valence-corrected chi connectivity index (χ3v) is 2.84. The van der Waals surface area contributed by atoms with E-state index < -0.39 is 0 Å². The van der Waals surface area contributed by atoms with E-state index in [-0.39, 0.29) is 6.61 Å². The van der Waals surface area contributed by atoms with Gasteiger partial charge in [0, 0.05) is 24.5 Å². The van der Waals surface area contributed by atoms with Crippen molar-refractivity contribution in [2.45, 2.75) is 39.3 Å². The van der Waals surface area contributed by atoms with Gasteiger partial charge in [-0.2, -0.15) is 0 Å². The first-order valence-corrected chi connectivity index (χ1v) is 6.03. The molecule has 3 nitrogen and oxygen atoms in total. The molecule has 1 fully saturated rings. The summed E-state index contributed by atoms with van der Waals surface area (Å²) in [4.78, 5) is 6.57. The summed E-state index contributed by atoms with van der Waals surface area (Å²) in [6.45, 7) is 5.58. The maximum Gasteiger partial charge on any atom is 0.0853 e. The van der Waals surface area contributed by atoms with Crippen molar-refractivity contribution < 1.29 is 5.11 Å². The van der Waals surface area contributed by atoms with Crippen molar-refractivity contribution in [3.05, 3.63) is 24.0 Å². The van der Waals surface area contributed by atoms with Gasteiger partial charge in [0.15, 0.2) is 0 Å². The first-order valence-electron chi connectivity index (χ1n) is 6.03. The topological polar surface area (TPSA) is 36.4 Å². The molecule has 1 heterocycles. The molecule has 0 aliphatic heterocycles. The van der Waals surface area contributed by atoms with E-state index in [1.165, 1.54) is 18.5 Å². The number of anilines is 1. The summed E-state index contributed by atoms with van der Waals surface area (Å²) in [5, 5.41) is 9.10. The highest BCUT2D eigenvalue weighted by Gasteiger charge is 2.29. The zero-order valence-electron chi connectivity index (χ0n) is 10.1. The molecule has 0 atom stereocenters. The summed E-state index contributed by atoms with van der Waals surface area (Å²) in [6, 6.07) is 4.75. The number of aliphatic hydroxyl groups excluding tert-OH is 1. The summed E-state index contributed by atoms with van der Waals surface area (Å²) in [5.41, 5.74) is 1.96. The van der Waals surface area contributed by atoms with Crippen LogP contribution in [0.4, 0.5) is 5.69 Å². The first kappa shape index (κ1) is 11.4. The average molecular weight is 220 g/mol. The lowest BCUT2D eigenvalue weighted by molar-refractivity contribution is 0.277. The summed E-state index contributed by atoms with van der Waals surface area (Å²) < 4.78 is 0. The molecule has 16 heavy (non-hydrogen) atoms. The van der Waals surface area contributed by atoms with E-state index in [0.29, 0.717) is 12.0 Å². The van der Waals surface area contributed by atoms with Gasteiger partial charge in [-0.3, -0.25) is 4.98 Å². The van der Waals surface area contributed by atoms with Crippen LogP contribution in [0.25, 0.3) is 0 Å². The smallest absolute Gasteiger partial charge is 0.0853 e. The highest BCUT2D eigenvalue weighted by atomic mass is 16.3. The second-order valence-electron chi connectivity index (χ2n) is 4.94. The zero-order chi connectivity index (χ0) is 11.5. The molecule has 88 valence electrons. The van der Waals surface area contributed by atoms with Crippen LogP contribution in [0, 0.1) is 5.92 Å². The first-order chi connectivity index (χ1) is 7.70. The van der Waals surface area contributed by atoms with Gasteiger partial charge in [-0.25, -0.2) is 0 Å². The number of rotatable bonds is 5. The van der Waals surface area contributed by atoms with Gasteiger partial charge in [-0.15, -0.1) is 0 Å². The summed E-state index contributed by atoms with van der Waals surface area (Å²) >= 11 is 0. The van der Waals surface area contributed by atoms with Gasteiger partial charge >= 0.3 is 0 Å². The predicted molar refractivity (Wildman–Crippen MR) is 65.4 cm³/mol. The lowest BCUT2D eigenvalue weighted by Crippen LogP contribution is -2.29. The van der Waals surface area contributed by atoms with E-state index in [1.54, 1.807) is 6.20 Å². The predicted octanol–water partition coefficient (Wildman–Crippen LogP) is 2.20. The SMILES string of the molecule is CC(C)CN(c1ccnc(CO)c1)C1CC1. The third kappa shape index (κ3) is 2.73. The lowest BCUT2D eigenvalue weighted by Gasteiger charge is -2.26. The fourth-order valence-electron chi connectivity index (χ4n) is 1.98. The Morgan fingerprint density at radius 2 is 2.25 bits per heavy atom. The Hall–Kier alpha value is -1.09. The molecule has 0 aromatic carbocycles. The molecule has 1 aromatic rings. The van der Waals surface area contributed by atoms with Crippen molar-refractivity contribution in [1.82, 2.24) is 4.98 Å². The zero-order valence-corrected chi connectivity index (χ0v) is 10.1. The van der Waals surface area contributed by atoms with Crippen LogP contribution in [0.3, 0.4) is 0 Å². The van der Waals surface area contributed by atoms with Crippen LogP contribution in [0.5, 0.6) is 0 Å².